The smallest absolute Gasteiger partial charge is 0.220 e. The fourth-order valence-corrected chi connectivity index (χ4v) is 3.08. The van der Waals surface area contributed by atoms with Crippen LogP contribution in [0.5, 0.6) is 0 Å². The molecule has 1 aromatic rings. The zero-order chi connectivity index (χ0) is 14.0. The molecule has 0 bridgehead atoms. The molecule has 1 aliphatic heterocycles. The molecule has 0 unspecified atom stereocenters. The number of rotatable bonds is 3. The average molecular weight is 342 g/mol. The molecule has 0 saturated carbocycles. The lowest BCUT2D eigenvalue weighted by Gasteiger charge is -2.33. The van der Waals surface area contributed by atoms with Gasteiger partial charge >= 0.3 is 0 Å². The Morgan fingerprint density at radius 2 is 1.95 bits per heavy atom. The lowest BCUT2D eigenvalue weighted by Crippen LogP contribution is -2.38. The third-order valence-electron chi connectivity index (χ3n) is 3.47. The standard InChI is InChI=1S/C13H16BrN3OS/c14-10-7-9(13(16)19)1-2-11(10)17-5-3-8(4-6-17)12(15)18/h1-2,7-8H,3-6H2,(H2,15,18)(H2,16,19). The second-order valence-electron chi connectivity index (χ2n) is 4.69. The van der Waals surface area contributed by atoms with Crippen LogP contribution in [0.3, 0.4) is 0 Å². The normalized spacial score (nSPS) is 16.4. The topological polar surface area (TPSA) is 72.4 Å². The monoisotopic (exact) mass is 341 g/mol. The van der Waals surface area contributed by atoms with Gasteiger partial charge in [0.05, 0.1) is 5.69 Å². The molecule has 0 radical (unpaired) electrons. The van der Waals surface area contributed by atoms with E-state index in [4.69, 9.17) is 23.7 Å². The van der Waals surface area contributed by atoms with Crippen LogP contribution in [0.1, 0.15) is 18.4 Å². The summed E-state index contributed by atoms with van der Waals surface area (Å²) in [6, 6.07) is 5.85. The van der Waals surface area contributed by atoms with Crippen molar-refractivity contribution < 1.29 is 4.79 Å². The third-order valence-corrected chi connectivity index (χ3v) is 4.34. The summed E-state index contributed by atoms with van der Waals surface area (Å²) in [5.41, 5.74) is 12.9. The number of benzene rings is 1. The van der Waals surface area contributed by atoms with Gasteiger partial charge in [0.15, 0.2) is 0 Å². The lowest BCUT2D eigenvalue weighted by atomic mass is 9.96. The van der Waals surface area contributed by atoms with Crippen molar-refractivity contribution in [2.45, 2.75) is 12.8 Å². The molecule has 4 nitrogen and oxygen atoms in total. The van der Waals surface area contributed by atoms with Crippen LogP contribution in [-0.2, 0) is 4.79 Å². The number of amides is 1. The maximum atomic E-state index is 11.2. The zero-order valence-electron chi connectivity index (χ0n) is 10.4. The molecular weight excluding hydrogens is 326 g/mol. The van der Waals surface area contributed by atoms with Gasteiger partial charge in [-0.05, 0) is 47.0 Å². The Balaban J connectivity index is 2.11. The van der Waals surface area contributed by atoms with E-state index in [0.29, 0.717) is 4.99 Å². The summed E-state index contributed by atoms with van der Waals surface area (Å²) in [6.45, 7) is 1.66. The van der Waals surface area contributed by atoms with Gasteiger partial charge in [-0.15, -0.1) is 0 Å². The van der Waals surface area contributed by atoms with Crippen molar-refractivity contribution in [1.82, 2.24) is 0 Å². The van der Waals surface area contributed by atoms with E-state index >= 15 is 0 Å². The molecule has 0 atom stereocenters. The molecule has 2 rings (SSSR count). The van der Waals surface area contributed by atoms with Crippen LogP contribution >= 0.6 is 28.1 Å². The molecule has 0 aliphatic carbocycles. The van der Waals surface area contributed by atoms with E-state index in [-0.39, 0.29) is 11.8 Å². The molecule has 102 valence electrons. The Labute approximate surface area is 126 Å². The third kappa shape index (κ3) is 3.25. The number of nitrogens with zero attached hydrogens (tertiary/aromatic N) is 1. The summed E-state index contributed by atoms with van der Waals surface area (Å²) in [4.78, 5) is 13.8. The maximum absolute atomic E-state index is 11.2. The number of nitrogens with two attached hydrogens (primary N) is 2. The molecule has 1 amide bonds. The minimum atomic E-state index is -0.192. The number of thiocarbonyl (C=S) groups is 1. The van der Waals surface area contributed by atoms with Crippen LogP contribution in [0.25, 0.3) is 0 Å². The Morgan fingerprint density at radius 3 is 2.42 bits per heavy atom. The van der Waals surface area contributed by atoms with E-state index < -0.39 is 0 Å². The number of hydrogen-bond donors (Lipinski definition) is 2. The average Bonchev–Trinajstić information content (AvgIpc) is 2.38. The summed E-state index contributed by atoms with van der Waals surface area (Å²) in [5.74, 6) is -0.187. The predicted molar refractivity (Wildman–Crippen MR) is 84.2 cm³/mol. The largest absolute Gasteiger partial charge is 0.389 e. The van der Waals surface area contributed by atoms with Gasteiger partial charge in [-0.3, -0.25) is 4.79 Å². The molecule has 0 spiro atoms. The molecule has 1 heterocycles. The minimum Gasteiger partial charge on any atom is -0.389 e. The highest BCUT2D eigenvalue weighted by Gasteiger charge is 2.24. The van der Waals surface area contributed by atoms with Crippen LogP contribution in [0.15, 0.2) is 22.7 Å². The van der Waals surface area contributed by atoms with E-state index in [1.165, 1.54) is 0 Å². The van der Waals surface area contributed by atoms with Gasteiger partial charge in [0.2, 0.25) is 5.91 Å². The van der Waals surface area contributed by atoms with Gasteiger partial charge in [0.25, 0.3) is 0 Å². The molecule has 1 fully saturated rings. The fraction of sp³-hybridized carbons (Fsp3) is 0.385. The predicted octanol–water partition coefficient (Wildman–Crippen LogP) is 1.78. The highest BCUT2D eigenvalue weighted by atomic mass is 79.9. The van der Waals surface area contributed by atoms with E-state index in [0.717, 1.165) is 41.7 Å². The quantitative estimate of drug-likeness (QED) is 0.822. The van der Waals surface area contributed by atoms with Crippen molar-refractivity contribution in [1.29, 1.82) is 0 Å². The Morgan fingerprint density at radius 1 is 1.32 bits per heavy atom. The molecule has 0 aromatic heterocycles. The number of carbonyl (C=O) groups excluding carboxylic acids is 1. The molecule has 4 N–H and O–H groups in total. The Hall–Kier alpha value is -1.14. The fourth-order valence-electron chi connectivity index (χ4n) is 2.32. The molecular formula is C13H16BrN3OS. The summed E-state index contributed by atoms with van der Waals surface area (Å²) in [7, 11) is 0. The first-order valence-electron chi connectivity index (χ1n) is 6.12. The number of piperidine rings is 1. The summed E-state index contributed by atoms with van der Waals surface area (Å²) < 4.78 is 0.968. The van der Waals surface area contributed by atoms with Crippen molar-refractivity contribution in [3.05, 3.63) is 28.2 Å². The van der Waals surface area contributed by atoms with Crippen LogP contribution in [0.2, 0.25) is 0 Å². The first-order chi connectivity index (χ1) is 8.99. The lowest BCUT2D eigenvalue weighted by molar-refractivity contribution is -0.122. The van der Waals surface area contributed by atoms with Crippen LogP contribution in [0, 0.1) is 5.92 Å². The van der Waals surface area contributed by atoms with Gasteiger partial charge in [0.1, 0.15) is 4.99 Å². The molecule has 19 heavy (non-hydrogen) atoms. The Bertz CT molecular complexity index is 513. The number of anilines is 1. The maximum Gasteiger partial charge on any atom is 0.220 e. The first kappa shape index (κ1) is 14.3. The highest BCUT2D eigenvalue weighted by molar-refractivity contribution is 9.10. The zero-order valence-corrected chi connectivity index (χ0v) is 12.8. The first-order valence-corrected chi connectivity index (χ1v) is 7.33. The number of primary amides is 1. The van der Waals surface area contributed by atoms with Crippen molar-refractivity contribution in [3.63, 3.8) is 0 Å². The van der Waals surface area contributed by atoms with Crippen LogP contribution in [-0.4, -0.2) is 24.0 Å². The summed E-state index contributed by atoms with van der Waals surface area (Å²) in [6.07, 6.45) is 1.61. The number of carbonyl (C=O) groups is 1. The molecule has 1 aliphatic rings. The van der Waals surface area contributed by atoms with Gasteiger partial charge < -0.3 is 16.4 Å². The SMILES string of the molecule is NC(=O)C1CCN(c2ccc(C(N)=S)cc2Br)CC1. The van der Waals surface area contributed by atoms with Crippen molar-refractivity contribution in [2.75, 3.05) is 18.0 Å². The van der Waals surface area contributed by atoms with Crippen LogP contribution < -0.4 is 16.4 Å². The summed E-state index contributed by atoms with van der Waals surface area (Å²) in [5, 5.41) is 0. The van der Waals surface area contributed by atoms with E-state index in [2.05, 4.69) is 20.8 Å². The van der Waals surface area contributed by atoms with Gasteiger partial charge in [0, 0.05) is 29.0 Å². The highest BCUT2D eigenvalue weighted by Crippen LogP contribution is 2.30. The van der Waals surface area contributed by atoms with Crippen LogP contribution in [0.4, 0.5) is 5.69 Å². The molecule has 1 saturated heterocycles. The molecule has 1 aromatic carbocycles. The van der Waals surface area contributed by atoms with Gasteiger partial charge in [-0.2, -0.15) is 0 Å². The minimum absolute atomic E-state index is 0.00548. The van der Waals surface area contributed by atoms with Crippen molar-refractivity contribution >= 4 is 44.7 Å². The van der Waals surface area contributed by atoms with Crippen molar-refractivity contribution in [2.24, 2.45) is 17.4 Å². The second kappa shape index (κ2) is 5.88. The van der Waals surface area contributed by atoms with E-state index in [9.17, 15) is 4.79 Å². The Kier molecular flexibility index (Phi) is 4.42. The van der Waals surface area contributed by atoms with Gasteiger partial charge in [-0.1, -0.05) is 12.2 Å². The number of hydrogen-bond acceptors (Lipinski definition) is 3. The molecule has 6 heteroatoms. The summed E-state index contributed by atoms with van der Waals surface area (Å²) >= 11 is 8.50. The van der Waals surface area contributed by atoms with Gasteiger partial charge in [-0.25, -0.2) is 0 Å². The number of halogens is 1. The van der Waals surface area contributed by atoms with E-state index in [1.54, 1.807) is 0 Å². The van der Waals surface area contributed by atoms with E-state index in [1.807, 2.05) is 18.2 Å². The van der Waals surface area contributed by atoms with Crippen molar-refractivity contribution in [3.8, 4) is 0 Å². The second-order valence-corrected chi connectivity index (χ2v) is 5.99.